The van der Waals surface area contributed by atoms with Crippen LogP contribution < -0.4 is 19.8 Å². The van der Waals surface area contributed by atoms with E-state index in [0.717, 1.165) is 53.9 Å². The minimum Gasteiger partial charge on any atom is -0.495 e. The fraction of sp³-hybridized carbons (Fsp3) is 0.435. The molecule has 0 aromatic heterocycles. The molecule has 3 aliphatic rings. The number of ether oxygens (including phenoxy) is 1. The van der Waals surface area contributed by atoms with Crippen LogP contribution in [0.2, 0.25) is 0 Å². The number of amides is 2. The number of benzene rings is 2. The van der Waals surface area contributed by atoms with Crippen LogP contribution >= 0.6 is 0 Å². The summed E-state index contributed by atoms with van der Waals surface area (Å²) in [5.41, 5.74) is 2.02. The maximum Gasteiger partial charge on any atom is 0.335 e. The van der Waals surface area contributed by atoms with Crippen LogP contribution in [0.25, 0.3) is 0 Å². The van der Waals surface area contributed by atoms with Crippen molar-refractivity contribution in [2.45, 2.75) is 17.7 Å². The molecule has 0 unspecified atom stereocenters. The molecular formula is C23H28N4O6S. The van der Waals surface area contributed by atoms with Gasteiger partial charge in [0.05, 0.1) is 25.9 Å². The number of carbonyl (C=O) groups is 1. The van der Waals surface area contributed by atoms with E-state index in [1.165, 1.54) is 6.07 Å². The summed E-state index contributed by atoms with van der Waals surface area (Å²) in [6, 6.07) is 10.5. The summed E-state index contributed by atoms with van der Waals surface area (Å²) >= 11 is 0. The van der Waals surface area contributed by atoms with Gasteiger partial charge in [-0.25, -0.2) is 17.5 Å². The molecule has 0 radical (unpaired) electrons. The van der Waals surface area contributed by atoms with Crippen molar-refractivity contribution in [3.8, 4) is 11.5 Å². The zero-order chi connectivity index (χ0) is 23.7. The second-order valence-corrected chi connectivity index (χ2v) is 10.3. The summed E-state index contributed by atoms with van der Waals surface area (Å²) in [5, 5.41) is 2.71. The normalized spacial score (nSPS) is 20.0. The molecule has 11 heteroatoms. The third-order valence-corrected chi connectivity index (χ3v) is 8.29. The highest BCUT2D eigenvalue weighted by atomic mass is 32.2. The van der Waals surface area contributed by atoms with Crippen molar-refractivity contribution in [3.63, 3.8) is 0 Å². The van der Waals surface area contributed by atoms with Crippen LogP contribution in [-0.4, -0.2) is 76.6 Å². The van der Waals surface area contributed by atoms with Gasteiger partial charge in [-0.3, -0.25) is 4.90 Å². The van der Waals surface area contributed by atoms with Gasteiger partial charge < -0.3 is 19.8 Å². The average Bonchev–Trinajstić information content (AvgIpc) is 3.10. The first-order valence-corrected chi connectivity index (χ1v) is 12.8. The van der Waals surface area contributed by atoms with Crippen molar-refractivity contribution in [3.05, 3.63) is 42.0 Å². The number of para-hydroxylation sites is 2. The molecular weight excluding hydrogens is 460 g/mol. The molecule has 2 aromatic rings. The van der Waals surface area contributed by atoms with E-state index < -0.39 is 16.1 Å². The molecule has 182 valence electrons. The van der Waals surface area contributed by atoms with Crippen molar-refractivity contribution in [2.24, 2.45) is 0 Å². The molecule has 34 heavy (non-hydrogen) atoms. The van der Waals surface area contributed by atoms with Crippen molar-refractivity contribution in [1.29, 1.82) is 0 Å². The van der Waals surface area contributed by atoms with Crippen molar-refractivity contribution >= 4 is 27.4 Å². The van der Waals surface area contributed by atoms with Crippen LogP contribution in [0.15, 0.2) is 41.3 Å². The smallest absolute Gasteiger partial charge is 0.335 e. The Hall–Kier alpha value is -3.02. The van der Waals surface area contributed by atoms with E-state index in [1.807, 2.05) is 24.3 Å². The molecule has 0 spiro atoms. The maximum absolute atomic E-state index is 13.3. The van der Waals surface area contributed by atoms with Crippen molar-refractivity contribution < 1.29 is 27.7 Å². The van der Waals surface area contributed by atoms with E-state index in [4.69, 9.17) is 14.5 Å². The highest BCUT2D eigenvalue weighted by molar-refractivity contribution is 7.90. The number of hydrogen-bond donors (Lipinski definition) is 1. The molecule has 2 amide bonds. The van der Waals surface area contributed by atoms with E-state index >= 15 is 0 Å². The van der Waals surface area contributed by atoms with Crippen LogP contribution in [0.1, 0.15) is 12.0 Å². The summed E-state index contributed by atoms with van der Waals surface area (Å²) < 4.78 is 33.0. The Morgan fingerprint density at radius 3 is 2.65 bits per heavy atom. The SMILES string of the molecule is COc1ccccc1N1CCN(CCN2C(=O)Nc3c(ccc4c3OOCCC4)S2(=O)=O)CC1. The number of anilines is 2. The number of piperazine rings is 1. The molecule has 1 N–H and O–H groups in total. The van der Waals surface area contributed by atoms with Crippen LogP contribution in [0, 0.1) is 0 Å². The number of fused-ring (bicyclic) bond motifs is 3. The third kappa shape index (κ3) is 4.15. The Labute approximate surface area is 199 Å². The standard InChI is InChI=1S/C23H28N4O6S/c1-31-19-7-3-2-6-18(19)26-13-10-25(11-14-26)12-15-27-23(28)24-21-20(34(27,29)30)9-8-17-5-4-16-32-33-22(17)21/h2-3,6-9H,4-5,10-16H2,1H3,(H,24,28). The Kier molecular flexibility index (Phi) is 6.24. The van der Waals surface area contributed by atoms with Crippen LogP contribution in [0.3, 0.4) is 0 Å². The quantitative estimate of drug-likeness (QED) is 0.640. The van der Waals surface area contributed by atoms with E-state index in [0.29, 0.717) is 19.6 Å². The number of methoxy groups -OCH3 is 1. The minimum atomic E-state index is -4.01. The monoisotopic (exact) mass is 488 g/mol. The highest BCUT2D eigenvalue weighted by Gasteiger charge is 2.39. The Balaban J connectivity index is 1.26. The predicted octanol–water partition coefficient (Wildman–Crippen LogP) is 2.31. The average molecular weight is 489 g/mol. The molecule has 10 nitrogen and oxygen atoms in total. The molecule has 3 heterocycles. The van der Waals surface area contributed by atoms with Gasteiger partial charge in [0.2, 0.25) is 0 Å². The van der Waals surface area contributed by atoms with Gasteiger partial charge in [-0.2, -0.15) is 4.89 Å². The fourth-order valence-electron chi connectivity index (χ4n) is 4.61. The lowest BCUT2D eigenvalue weighted by Gasteiger charge is -2.37. The largest absolute Gasteiger partial charge is 0.495 e. The molecule has 0 atom stereocenters. The van der Waals surface area contributed by atoms with Crippen molar-refractivity contribution in [2.75, 3.05) is 63.2 Å². The number of urea groups is 1. The topological polar surface area (TPSA) is 101 Å². The number of carbonyl (C=O) groups excluding carboxylic acids is 1. The van der Waals surface area contributed by atoms with E-state index in [1.54, 1.807) is 13.2 Å². The summed E-state index contributed by atoms with van der Waals surface area (Å²) in [5.74, 6) is 1.11. The van der Waals surface area contributed by atoms with Crippen LogP contribution in [0.5, 0.6) is 11.5 Å². The molecule has 0 saturated carbocycles. The van der Waals surface area contributed by atoms with E-state index in [-0.39, 0.29) is 22.9 Å². The molecule has 3 aliphatic heterocycles. The number of rotatable bonds is 5. The Bertz CT molecular complexity index is 1180. The Morgan fingerprint density at radius 1 is 1.06 bits per heavy atom. The zero-order valence-electron chi connectivity index (χ0n) is 19.0. The first-order valence-electron chi connectivity index (χ1n) is 11.4. The first-order chi connectivity index (χ1) is 16.5. The second kappa shape index (κ2) is 9.32. The summed E-state index contributed by atoms with van der Waals surface area (Å²) in [6.45, 7) is 3.99. The van der Waals surface area contributed by atoms with E-state index in [9.17, 15) is 13.2 Å². The lowest BCUT2D eigenvalue weighted by atomic mass is 10.1. The van der Waals surface area contributed by atoms with Gasteiger partial charge in [-0.15, -0.1) is 0 Å². The van der Waals surface area contributed by atoms with Gasteiger partial charge >= 0.3 is 6.03 Å². The van der Waals surface area contributed by atoms with Gasteiger partial charge in [0.1, 0.15) is 16.3 Å². The van der Waals surface area contributed by atoms with Crippen LogP contribution in [-0.2, 0) is 21.3 Å². The van der Waals surface area contributed by atoms with Gasteiger partial charge in [-0.1, -0.05) is 18.2 Å². The Morgan fingerprint density at radius 2 is 1.85 bits per heavy atom. The highest BCUT2D eigenvalue weighted by Crippen LogP contribution is 2.41. The van der Waals surface area contributed by atoms with Crippen molar-refractivity contribution in [1.82, 2.24) is 9.21 Å². The van der Waals surface area contributed by atoms with Gasteiger partial charge in [0.15, 0.2) is 5.75 Å². The van der Waals surface area contributed by atoms with E-state index in [2.05, 4.69) is 15.1 Å². The number of hydrogen-bond acceptors (Lipinski definition) is 8. The number of sulfonamides is 1. The van der Waals surface area contributed by atoms with Crippen LogP contribution in [0.4, 0.5) is 16.2 Å². The fourth-order valence-corrected chi connectivity index (χ4v) is 6.07. The molecule has 1 saturated heterocycles. The third-order valence-electron chi connectivity index (χ3n) is 6.46. The summed E-state index contributed by atoms with van der Waals surface area (Å²) in [7, 11) is -2.35. The molecule has 5 rings (SSSR count). The first kappa shape index (κ1) is 22.8. The molecule has 1 fully saturated rings. The lowest BCUT2D eigenvalue weighted by Crippen LogP contribution is -2.51. The number of nitrogens with one attached hydrogen (secondary N) is 1. The number of aryl methyl sites for hydroxylation is 1. The predicted molar refractivity (Wildman–Crippen MR) is 126 cm³/mol. The lowest BCUT2D eigenvalue weighted by molar-refractivity contribution is -0.203. The molecule has 2 aromatic carbocycles. The van der Waals surface area contributed by atoms with Gasteiger partial charge in [0, 0.05) is 38.3 Å². The summed E-state index contributed by atoms with van der Waals surface area (Å²) in [4.78, 5) is 27.7. The molecule has 0 bridgehead atoms. The van der Waals surface area contributed by atoms with Gasteiger partial charge in [0.25, 0.3) is 10.0 Å². The molecule has 0 aliphatic carbocycles. The summed E-state index contributed by atoms with van der Waals surface area (Å²) in [6.07, 6.45) is 1.44. The minimum absolute atomic E-state index is 0.0253. The second-order valence-electron chi connectivity index (χ2n) is 8.44. The van der Waals surface area contributed by atoms with Gasteiger partial charge in [-0.05, 0) is 31.0 Å². The maximum atomic E-state index is 13.3. The number of nitrogens with zero attached hydrogens (tertiary/aromatic N) is 3. The zero-order valence-corrected chi connectivity index (χ0v) is 19.8.